The molecule has 0 saturated carbocycles. The summed E-state index contributed by atoms with van der Waals surface area (Å²) in [7, 11) is 2.89. The number of rotatable bonds is 4. The second kappa shape index (κ2) is 6.34. The number of benzene rings is 2. The number of hydrogen-bond acceptors (Lipinski definition) is 5. The summed E-state index contributed by atoms with van der Waals surface area (Å²) in [5.41, 5.74) is 0.444. The van der Waals surface area contributed by atoms with Gasteiger partial charge in [-0.15, -0.1) is 0 Å². The topological polar surface area (TPSA) is 55.8 Å². The Hall–Kier alpha value is -2.14. The molecule has 104 valence electrons. The summed E-state index contributed by atoms with van der Waals surface area (Å²) in [5, 5.41) is 9.26. The van der Waals surface area contributed by atoms with Gasteiger partial charge in [0.25, 0.3) is 0 Å². The maximum absolute atomic E-state index is 11.5. The molecule has 0 heterocycles. The molecule has 0 aliphatic heterocycles. The quantitative estimate of drug-likeness (QED) is 0.875. The highest BCUT2D eigenvalue weighted by Gasteiger charge is 2.11. The number of carbonyl (C=O) groups is 1. The lowest BCUT2D eigenvalue weighted by molar-refractivity contribution is 0.0600. The number of esters is 1. The largest absolute Gasteiger partial charge is 0.508 e. The Morgan fingerprint density at radius 2 is 1.80 bits per heavy atom. The lowest BCUT2D eigenvalue weighted by Crippen LogP contribution is -2.01. The van der Waals surface area contributed by atoms with E-state index in [4.69, 9.17) is 4.74 Å². The molecule has 0 saturated heterocycles. The highest BCUT2D eigenvalue weighted by atomic mass is 32.2. The molecule has 5 heteroatoms. The lowest BCUT2D eigenvalue weighted by Gasteiger charge is -2.09. The zero-order chi connectivity index (χ0) is 14.5. The highest BCUT2D eigenvalue weighted by Crippen LogP contribution is 2.36. The van der Waals surface area contributed by atoms with Crippen LogP contribution in [0.25, 0.3) is 0 Å². The van der Waals surface area contributed by atoms with E-state index in [-0.39, 0.29) is 5.75 Å². The number of phenolic OH excluding ortho intramolecular Hbond substituents is 1. The third kappa shape index (κ3) is 3.24. The molecule has 0 radical (unpaired) electrons. The van der Waals surface area contributed by atoms with Gasteiger partial charge in [-0.1, -0.05) is 11.8 Å². The summed E-state index contributed by atoms with van der Waals surface area (Å²) in [6.45, 7) is 0. The van der Waals surface area contributed by atoms with Gasteiger partial charge in [-0.2, -0.15) is 0 Å². The number of carbonyl (C=O) groups excluding carboxylic acids is 1. The second-order valence-electron chi connectivity index (χ2n) is 3.95. The summed E-state index contributed by atoms with van der Waals surface area (Å²) in [5.74, 6) is 0.429. The fraction of sp³-hybridized carbons (Fsp3) is 0.133. The minimum Gasteiger partial charge on any atom is -0.508 e. The van der Waals surface area contributed by atoms with Crippen LogP contribution in [-0.2, 0) is 4.74 Å². The normalized spacial score (nSPS) is 10.1. The van der Waals surface area contributed by atoms with Crippen molar-refractivity contribution in [1.82, 2.24) is 0 Å². The van der Waals surface area contributed by atoms with Crippen LogP contribution in [0.4, 0.5) is 0 Å². The van der Waals surface area contributed by atoms with Gasteiger partial charge in [-0.3, -0.25) is 0 Å². The number of ether oxygens (including phenoxy) is 2. The summed E-state index contributed by atoms with van der Waals surface area (Å²) < 4.78 is 9.98. The minimum atomic E-state index is -0.399. The maximum atomic E-state index is 11.5. The Bertz CT molecular complexity index is 608. The smallest absolute Gasteiger partial charge is 0.337 e. The number of aromatic hydroxyl groups is 1. The van der Waals surface area contributed by atoms with Crippen LogP contribution in [0.5, 0.6) is 11.5 Å². The van der Waals surface area contributed by atoms with Crippen molar-refractivity contribution in [3.05, 3.63) is 48.0 Å². The molecule has 2 aromatic carbocycles. The van der Waals surface area contributed by atoms with Crippen molar-refractivity contribution in [1.29, 1.82) is 0 Å². The standard InChI is InChI=1S/C15H14O4S/c1-18-13-9-10(15(17)19-2)3-8-14(13)20-12-6-4-11(16)5-7-12/h3-9,16H,1-2H3. The third-order valence-corrected chi connectivity index (χ3v) is 3.71. The van der Waals surface area contributed by atoms with Crippen LogP contribution < -0.4 is 4.74 Å². The van der Waals surface area contributed by atoms with Crippen molar-refractivity contribution >= 4 is 17.7 Å². The molecule has 0 bridgehead atoms. The molecule has 0 aliphatic rings. The molecule has 2 aromatic rings. The van der Waals surface area contributed by atoms with Crippen molar-refractivity contribution in [2.24, 2.45) is 0 Å². The first kappa shape index (κ1) is 14.3. The van der Waals surface area contributed by atoms with Crippen LogP contribution in [0.3, 0.4) is 0 Å². The van der Waals surface area contributed by atoms with Gasteiger partial charge in [-0.25, -0.2) is 4.79 Å². The highest BCUT2D eigenvalue weighted by molar-refractivity contribution is 7.99. The lowest BCUT2D eigenvalue weighted by atomic mass is 10.2. The first-order chi connectivity index (χ1) is 9.63. The minimum absolute atomic E-state index is 0.224. The zero-order valence-electron chi connectivity index (χ0n) is 11.1. The van der Waals surface area contributed by atoms with Crippen molar-refractivity contribution in [3.8, 4) is 11.5 Å². The summed E-state index contributed by atoms with van der Waals surface area (Å²) in [4.78, 5) is 13.3. The third-order valence-electron chi connectivity index (χ3n) is 2.65. The molecule has 0 aromatic heterocycles. The predicted octanol–water partition coefficient (Wildman–Crippen LogP) is 3.34. The summed E-state index contributed by atoms with van der Waals surface area (Å²) in [6.07, 6.45) is 0. The molecule has 0 atom stereocenters. The maximum Gasteiger partial charge on any atom is 0.337 e. The Labute approximate surface area is 121 Å². The number of methoxy groups -OCH3 is 2. The van der Waals surface area contributed by atoms with Crippen LogP contribution in [0.15, 0.2) is 52.3 Å². The molecule has 0 unspecified atom stereocenters. The zero-order valence-corrected chi connectivity index (χ0v) is 11.9. The van der Waals surface area contributed by atoms with Gasteiger partial charge in [0.15, 0.2) is 0 Å². The molecule has 1 N–H and O–H groups in total. The van der Waals surface area contributed by atoms with E-state index in [1.165, 1.54) is 18.9 Å². The van der Waals surface area contributed by atoms with E-state index in [1.54, 1.807) is 31.4 Å². The summed E-state index contributed by atoms with van der Waals surface area (Å²) in [6, 6.07) is 12.0. The van der Waals surface area contributed by atoms with Gasteiger partial charge in [0, 0.05) is 4.90 Å². The van der Waals surface area contributed by atoms with Gasteiger partial charge in [0.05, 0.1) is 24.7 Å². The SMILES string of the molecule is COC(=O)c1ccc(Sc2ccc(O)cc2)c(OC)c1. The van der Waals surface area contributed by atoms with E-state index in [2.05, 4.69) is 4.74 Å². The second-order valence-corrected chi connectivity index (χ2v) is 5.07. The Morgan fingerprint density at radius 3 is 2.40 bits per heavy atom. The van der Waals surface area contributed by atoms with E-state index >= 15 is 0 Å². The van der Waals surface area contributed by atoms with E-state index in [1.807, 2.05) is 18.2 Å². The Morgan fingerprint density at radius 1 is 1.10 bits per heavy atom. The first-order valence-electron chi connectivity index (χ1n) is 5.87. The van der Waals surface area contributed by atoms with Gasteiger partial charge in [0.2, 0.25) is 0 Å². The molecule has 2 rings (SSSR count). The van der Waals surface area contributed by atoms with Crippen LogP contribution in [-0.4, -0.2) is 25.3 Å². The van der Waals surface area contributed by atoms with Crippen LogP contribution in [0.2, 0.25) is 0 Å². The van der Waals surface area contributed by atoms with Crippen molar-refractivity contribution in [3.63, 3.8) is 0 Å². The van der Waals surface area contributed by atoms with E-state index in [0.29, 0.717) is 11.3 Å². The average Bonchev–Trinajstić information content (AvgIpc) is 2.49. The first-order valence-corrected chi connectivity index (χ1v) is 6.69. The van der Waals surface area contributed by atoms with Gasteiger partial charge in [0.1, 0.15) is 11.5 Å². The van der Waals surface area contributed by atoms with Crippen molar-refractivity contribution < 1.29 is 19.4 Å². The molecular weight excluding hydrogens is 276 g/mol. The Kier molecular flexibility index (Phi) is 4.53. The predicted molar refractivity (Wildman–Crippen MR) is 76.6 cm³/mol. The molecule has 0 fully saturated rings. The van der Waals surface area contributed by atoms with Crippen molar-refractivity contribution in [2.45, 2.75) is 9.79 Å². The van der Waals surface area contributed by atoms with E-state index in [0.717, 1.165) is 9.79 Å². The van der Waals surface area contributed by atoms with E-state index < -0.39 is 5.97 Å². The van der Waals surface area contributed by atoms with Crippen LogP contribution >= 0.6 is 11.8 Å². The number of hydrogen-bond donors (Lipinski definition) is 1. The fourth-order valence-electron chi connectivity index (χ4n) is 1.64. The summed E-state index contributed by atoms with van der Waals surface area (Å²) >= 11 is 1.49. The molecule has 0 aliphatic carbocycles. The van der Waals surface area contributed by atoms with Crippen LogP contribution in [0.1, 0.15) is 10.4 Å². The molecule has 0 spiro atoms. The monoisotopic (exact) mass is 290 g/mol. The van der Waals surface area contributed by atoms with Crippen molar-refractivity contribution in [2.75, 3.05) is 14.2 Å². The number of phenols is 1. The molecule has 0 amide bonds. The fourth-order valence-corrected chi connectivity index (χ4v) is 2.54. The van der Waals surface area contributed by atoms with E-state index in [9.17, 15) is 9.90 Å². The molecule has 20 heavy (non-hydrogen) atoms. The average molecular weight is 290 g/mol. The Balaban J connectivity index is 2.27. The van der Waals surface area contributed by atoms with Gasteiger partial charge in [-0.05, 0) is 42.5 Å². The molecule has 4 nitrogen and oxygen atoms in total. The van der Waals surface area contributed by atoms with Crippen LogP contribution in [0, 0.1) is 0 Å². The van der Waals surface area contributed by atoms with Gasteiger partial charge >= 0.3 is 5.97 Å². The molecular formula is C15H14O4S. The van der Waals surface area contributed by atoms with Gasteiger partial charge < -0.3 is 14.6 Å².